The van der Waals surface area contributed by atoms with Gasteiger partial charge in [-0.3, -0.25) is 0 Å². The highest BCUT2D eigenvalue weighted by Gasteiger charge is 2.15. The van der Waals surface area contributed by atoms with E-state index in [-0.39, 0.29) is 4.90 Å². The summed E-state index contributed by atoms with van der Waals surface area (Å²) in [6, 6.07) is 14.1. The van der Waals surface area contributed by atoms with Crippen LogP contribution in [0.25, 0.3) is 0 Å². The molecule has 0 saturated heterocycles. The van der Waals surface area contributed by atoms with Crippen molar-refractivity contribution in [3.05, 3.63) is 64.7 Å². The van der Waals surface area contributed by atoms with Crippen molar-refractivity contribution in [1.82, 2.24) is 0 Å². The molecule has 0 unspecified atom stereocenters. The first-order valence-electron chi connectivity index (χ1n) is 5.68. The van der Waals surface area contributed by atoms with Gasteiger partial charge in [-0.05, 0) is 47.5 Å². The van der Waals surface area contributed by atoms with Crippen LogP contribution in [-0.2, 0) is 14.6 Å². The Balaban J connectivity index is 2.09. The minimum absolute atomic E-state index is 0.286. The van der Waals surface area contributed by atoms with Crippen molar-refractivity contribution >= 4 is 31.3 Å². The molecule has 0 aliphatic rings. The molecule has 2 nitrogen and oxygen atoms in total. The number of benzene rings is 2. The van der Waals surface area contributed by atoms with Gasteiger partial charge in [-0.15, -0.1) is 0 Å². The average Bonchev–Trinajstić information content (AvgIpc) is 2.39. The van der Waals surface area contributed by atoms with Crippen LogP contribution < -0.4 is 0 Å². The fourth-order valence-electron chi connectivity index (χ4n) is 1.50. The van der Waals surface area contributed by atoms with Crippen molar-refractivity contribution in [3.63, 3.8) is 0 Å². The third-order valence-corrected chi connectivity index (χ3v) is 6.33. The number of halogens is 1. The van der Waals surface area contributed by atoms with Crippen molar-refractivity contribution in [2.45, 2.75) is 17.6 Å². The minimum Gasteiger partial charge on any atom is -0.212 e. The first-order valence-corrected chi connectivity index (χ1v) is 9.04. The van der Waals surface area contributed by atoms with E-state index in [0.717, 1.165) is 21.9 Å². The van der Waals surface area contributed by atoms with Crippen molar-refractivity contribution in [3.8, 4) is 0 Å². The highest BCUT2D eigenvalue weighted by molar-refractivity contribution is 8.71. The molecule has 0 heterocycles. The molecule has 2 rings (SSSR count). The summed E-state index contributed by atoms with van der Waals surface area (Å²) >= 11 is 5.75. The van der Waals surface area contributed by atoms with Gasteiger partial charge in [-0.2, -0.15) is 0 Å². The molecule has 0 N–H and O–H groups in total. The second-order valence-corrected chi connectivity index (χ2v) is 8.52. The molecule has 2 aromatic rings. The van der Waals surface area contributed by atoms with Gasteiger partial charge in [0.2, 0.25) is 8.87 Å². The molecule has 19 heavy (non-hydrogen) atoms. The van der Waals surface area contributed by atoms with Gasteiger partial charge in [-0.25, -0.2) is 8.42 Å². The zero-order chi connectivity index (χ0) is 13.9. The quantitative estimate of drug-likeness (QED) is 0.791. The maximum absolute atomic E-state index is 12.1. The Kier molecular flexibility index (Phi) is 4.55. The molecule has 5 heteroatoms. The van der Waals surface area contributed by atoms with E-state index in [9.17, 15) is 8.42 Å². The van der Waals surface area contributed by atoms with E-state index in [1.54, 1.807) is 12.1 Å². The third kappa shape index (κ3) is 4.00. The van der Waals surface area contributed by atoms with Crippen LogP contribution in [0.4, 0.5) is 0 Å². The molecule has 0 fully saturated rings. The van der Waals surface area contributed by atoms with Crippen LogP contribution in [0, 0.1) is 6.92 Å². The smallest absolute Gasteiger partial charge is 0.212 e. The summed E-state index contributed by atoms with van der Waals surface area (Å²) in [6.07, 6.45) is 0. The Bertz CT molecular complexity index is 647. The van der Waals surface area contributed by atoms with Gasteiger partial charge < -0.3 is 0 Å². The first-order chi connectivity index (χ1) is 8.97. The maximum atomic E-state index is 12.1. The third-order valence-electron chi connectivity index (χ3n) is 2.60. The maximum Gasteiger partial charge on any atom is 0.230 e. The van der Waals surface area contributed by atoms with E-state index in [4.69, 9.17) is 11.6 Å². The minimum atomic E-state index is -3.33. The van der Waals surface area contributed by atoms with Gasteiger partial charge in [-0.1, -0.05) is 41.4 Å². The molecule has 2 aromatic carbocycles. The Hall–Kier alpha value is -0.970. The fraction of sp³-hybridized carbons (Fsp3) is 0.143. The predicted octanol–water partition coefficient (Wildman–Crippen LogP) is 4.27. The molecule has 100 valence electrons. The summed E-state index contributed by atoms with van der Waals surface area (Å²) < 4.78 is 24.2. The van der Waals surface area contributed by atoms with Crippen molar-refractivity contribution in [2.24, 2.45) is 0 Å². The summed E-state index contributed by atoms with van der Waals surface area (Å²) in [5, 5.41) is 0.530. The van der Waals surface area contributed by atoms with Crippen LogP contribution >= 0.6 is 22.4 Å². The molecule has 0 aliphatic carbocycles. The van der Waals surface area contributed by atoms with Crippen LogP contribution in [0.3, 0.4) is 0 Å². The molecule has 0 amide bonds. The SMILES string of the molecule is Cc1ccc(CSS(=O)(=O)c2ccc(Cl)cc2)cc1. The topological polar surface area (TPSA) is 34.1 Å². The molecular weight excluding hydrogens is 300 g/mol. The second-order valence-electron chi connectivity index (χ2n) is 4.16. The van der Waals surface area contributed by atoms with Crippen molar-refractivity contribution < 1.29 is 8.42 Å². The summed E-state index contributed by atoms with van der Waals surface area (Å²) in [5.74, 6) is 0.436. The number of hydrogen-bond donors (Lipinski definition) is 0. The van der Waals surface area contributed by atoms with E-state index < -0.39 is 8.87 Å². The monoisotopic (exact) mass is 312 g/mol. The predicted molar refractivity (Wildman–Crippen MR) is 81.1 cm³/mol. The standard InChI is InChI=1S/C14H13ClO2S2/c1-11-2-4-12(5-3-11)10-18-19(16,17)14-8-6-13(15)7-9-14/h2-9H,10H2,1H3. The lowest BCUT2D eigenvalue weighted by molar-refractivity contribution is 0.610. The van der Waals surface area contributed by atoms with E-state index in [2.05, 4.69) is 0 Å². The second kappa shape index (κ2) is 5.99. The summed E-state index contributed by atoms with van der Waals surface area (Å²) in [7, 11) is -2.40. The molecule has 0 aliphatic heterocycles. The Morgan fingerprint density at radius 1 is 1.00 bits per heavy atom. The van der Waals surface area contributed by atoms with Gasteiger partial charge in [0.15, 0.2) is 0 Å². The summed E-state index contributed by atoms with van der Waals surface area (Å²) in [4.78, 5) is 0.286. The van der Waals surface area contributed by atoms with Crippen LogP contribution in [0.2, 0.25) is 5.02 Å². The molecule has 0 saturated carbocycles. The van der Waals surface area contributed by atoms with E-state index in [1.807, 2.05) is 31.2 Å². The Morgan fingerprint density at radius 3 is 2.16 bits per heavy atom. The largest absolute Gasteiger partial charge is 0.230 e. The van der Waals surface area contributed by atoms with Gasteiger partial charge in [0.05, 0.1) is 4.90 Å². The molecule has 0 bridgehead atoms. The number of hydrogen-bond acceptors (Lipinski definition) is 3. The highest BCUT2D eigenvalue weighted by Crippen LogP contribution is 2.27. The van der Waals surface area contributed by atoms with Crippen molar-refractivity contribution in [2.75, 3.05) is 0 Å². The van der Waals surface area contributed by atoms with Crippen LogP contribution in [0.5, 0.6) is 0 Å². The van der Waals surface area contributed by atoms with Crippen LogP contribution in [0.15, 0.2) is 53.4 Å². The van der Waals surface area contributed by atoms with E-state index in [0.29, 0.717) is 10.8 Å². The number of aryl methyl sites for hydroxylation is 1. The van der Waals surface area contributed by atoms with E-state index >= 15 is 0 Å². The lowest BCUT2D eigenvalue weighted by Crippen LogP contribution is -1.96. The van der Waals surface area contributed by atoms with Crippen molar-refractivity contribution in [1.29, 1.82) is 0 Å². The van der Waals surface area contributed by atoms with E-state index in [1.165, 1.54) is 12.1 Å². The Labute approximate surface area is 122 Å². The first kappa shape index (κ1) is 14.4. The van der Waals surface area contributed by atoms with Crippen LogP contribution in [-0.4, -0.2) is 8.42 Å². The molecule has 0 spiro atoms. The summed E-state index contributed by atoms with van der Waals surface area (Å²) in [5.41, 5.74) is 2.16. The zero-order valence-electron chi connectivity index (χ0n) is 10.3. The van der Waals surface area contributed by atoms with Gasteiger partial charge in [0.25, 0.3) is 0 Å². The molecule has 0 aromatic heterocycles. The fourth-order valence-corrected chi connectivity index (χ4v) is 4.33. The zero-order valence-corrected chi connectivity index (χ0v) is 12.7. The van der Waals surface area contributed by atoms with Gasteiger partial charge >= 0.3 is 0 Å². The molecular formula is C14H13ClO2S2. The lowest BCUT2D eigenvalue weighted by atomic mass is 10.2. The lowest BCUT2D eigenvalue weighted by Gasteiger charge is -2.04. The Morgan fingerprint density at radius 2 is 1.58 bits per heavy atom. The summed E-state index contributed by atoms with van der Waals surface area (Å²) in [6.45, 7) is 2.00. The van der Waals surface area contributed by atoms with Crippen LogP contribution in [0.1, 0.15) is 11.1 Å². The molecule has 0 radical (unpaired) electrons. The normalized spacial score (nSPS) is 11.5. The van der Waals surface area contributed by atoms with Gasteiger partial charge in [0.1, 0.15) is 0 Å². The van der Waals surface area contributed by atoms with Gasteiger partial charge in [0, 0.05) is 10.8 Å². The molecule has 0 atom stereocenters. The average molecular weight is 313 g/mol. The highest BCUT2D eigenvalue weighted by atomic mass is 35.5. The number of rotatable bonds is 4.